The molecule has 0 aromatic rings. The first kappa shape index (κ1) is 11.7. The minimum atomic E-state index is 0.450. The van der Waals surface area contributed by atoms with Gasteiger partial charge in [0.15, 0.2) is 0 Å². The Kier molecular flexibility index (Phi) is 4.64. The van der Waals surface area contributed by atoms with E-state index in [0.29, 0.717) is 11.7 Å². The summed E-state index contributed by atoms with van der Waals surface area (Å²) in [5, 5.41) is 0. The van der Waals surface area contributed by atoms with Gasteiger partial charge in [-0.05, 0) is 24.7 Å². The molecule has 0 radical (unpaired) electrons. The highest BCUT2D eigenvalue weighted by Gasteiger charge is 2.51. The van der Waals surface area contributed by atoms with E-state index >= 15 is 0 Å². The fourth-order valence-corrected chi connectivity index (χ4v) is 2.73. The molecule has 14 heavy (non-hydrogen) atoms. The largest absolute Gasteiger partial charge is 0.299 e. The Morgan fingerprint density at radius 1 is 1.07 bits per heavy atom. The number of ketones is 1. The van der Waals surface area contributed by atoms with Gasteiger partial charge in [0.2, 0.25) is 0 Å². The zero-order valence-corrected chi connectivity index (χ0v) is 9.88. The minimum absolute atomic E-state index is 0.450. The Hall–Kier alpha value is -0.330. The maximum absolute atomic E-state index is 11.7. The van der Waals surface area contributed by atoms with Gasteiger partial charge in [-0.3, -0.25) is 4.79 Å². The van der Waals surface area contributed by atoms with Crippen LogP contribution in [0, 0.1) is 17.8 Å². The van der Waals surface area contributed by atoms with Crippen molar-refractivity contribution < 1.29 is 4.79 Å². The predicted molar refractivity (Wildman–Crippen MR) is 60.2 cm³/mol. The highest BCUT2D eigenvalue weighted by molar-refractivity contribution is 5.84. The first-order valence-electron chi connectivity index (χ1n) is 6.28. The van der Waals surface area contributed by atoms with Crippen molar-refractivity contribution in [3.8, 4) is 0 Å². The molecule has 0 aromatic carbocycles. The normalized spacial score (nSPS) is 30.4. The molecule has 0 saturated heterocycles. The number of Topliss-reactive ketones (excluding diaryl/α,β-unsaturated/α-hetero) is 1. The third kappa shape index (κ3) is 2.59. The molecular weight excluding hydrogens is 172 g/mol. The van der Waals surface area contributed by atoms with Gasteiger partial charge in [0.1, 0.15) is 5.78 Å². The van der Waals surface area contributed by atoms with Crippen LogP contribution in [0.4, 0.5) is 0 Å². The highest BCUT2D eigenvalue weighted by atomic mass is 16.1. The highest BCUT2D eigenvalue weighted by Crippen LogP contribution is 2.52. The van der Waals surface area contributed by atoms with Gasteiger partial charge in [0.25, 0.3) is 0 Å². The smallest absolute Gasteiger partial charge is 0.136 e. The molecule has 1 fully saturated rings. The molecule has 0 aromatic heterocycles. The molecule has 0 heterocycles. The van der Waals surface area contributed by atoms with Crippen LogP contribution in [0.3, 0.4) is 0 Å². The first-order chi connectivity index (χ1) is 6.76. The Morgan fingerprint density at radius 2 is 1.79 bits per heavy atom. The van der Waals surface area contributed by atoms with Gasteiger partial charge >= 0.3 is 0 Å². The molecular formula is C13H24O. The summed E-state index contributed by atoms with van der Waals surface area (Å²) in [5.41, 5.74) is 0. The summed E-state index contributed by atoms with van der Waals surface area (Å²) in [6.45, 7) is 6.55. The monoisotopic (exact) mass is 196 g/mol. The lowest BCUT2D eigenvalue weighted by atomic mass is 10.1. The summed E-state index contributed by atoms with van der Waals surface area (Å²) in [6, 6.07) is 0. The van der Waals surface area contributed by atoms with Gasteiger partial charge in [-0.2, -0.15) is 0 Å². The van der Waals surface area contributed by atoms with Gasteiger partial charge in [-0.15, -0.1) is 0 Å². The predicted octanol–water partition coefficient (Wildman–Crippen LogP) is 3.82. The van der Waals surface area contributed by atoms with Crippen molar-refractivity contribution in [1.29, 1.82) is 0 Å². The molecule has 0 bridgehead atoms. The average molecular weight is 196 g/mol. The van der Waals surface area contributed by atoms with Crippen LogP contribution in [-0.2, 0) is 4.79 Å². The van der Waals surface area contributed by atoms with Crippen LogP contribution in [0.1, 0.15) is 59.3 Å². The van der Waals surface area contributed by atoms with Crippen LogP contribution < -0.4 is 0 Å². The van der Waals surface area contributed by atoms with E-state index < -0.39 is 0 Å². The third-order valence-corrected chi connectivity index (χ3v) is 3.56. The van der Waals surface area contributed by atoms with Gasteiger partial charge in [0.05, 0.1) is 0 Å². The molecule has 1 nitrogen and oxygen atoms in total. The van der Waals surface area contributed by atoms with Crippen molar-refractivity contribution >= 4 is 5.78 Å². The summed E-state index contributed by atoms with van der Waals surface area (Å²) < 4.78 is 0. The third-order valence-electron chi connectivity index (χ3n) is 3.56. The molecule has 3 atom stereocenters. The van der Waals surface area contributed by atoms with E-state index in [-0.39, 0.29) is 0 Å². The maximum atomic E-state index is 11.7. The molecule has 0 spiro atoms. The molecule has 0 aliphatic heterocycles. The second kappa shape index (κ2) is 5.53. The number of rotatable bonds is 7. The van der Waals surface area contributed by atoms with E-state index in [9.17, 15) is 4.79 Å². The van der Waals surface area contributed by atoms with Crippen molar-refractivity contribution in [3.05, 3.63) is 0 Å². The van der Waals surface area contributed by atoms with E-state index in [1.165, 1.54) is 25.7 Å². The minimum Gasteiger partial charge on any atom is -0.299 e. The fourth-order valence-electron chi connectivity index (χ4n) is 2.73. The van der Waals surface area contributed by atoms with Crippen molar-refractivity contribution in [2.75, 3.05) is 0 Å². The van der Waals surface area contributed by atoms with E-state index in [1.807, 2.05) is 0 Å². The van der Waals surface area contributed by atoms with E-state index in [4.69, 9.17) is 0 Å². The van der Waals surface area contributed by atoms with Gasteiger partial charge in [-0.25, -0.2) is 0 Å². The quantitative estimate of drug-likeness (QED) is 0.605. The van der Waals surface area contributed by atoms with Crippen molar-refractivity contribution in [1.82, 2.24) is 0 Å². The molecule has 1 rings (SSSR count). The summed E-state index contributed by atoms with van der Waals surface area (Å²) in [7, 11) is 0. The van der Waals surface area contributed by atoms with Crippen LogP contribution in [0.5, 0.6) is 0 Å². The molecule has 1 heteroatoms. The zero-order valence-electron chi connectivity index (χ0n) is 9.88. The average Bonchev–Trinajstić information content (AvgIpc) is 2.88. The number of carbonyl (C=O) groups excluding carboxylic acids is 1. The summed E-state index contributed by atoms with van der Waals surface area (Å²) >= 11 is 0. The topological polar surface area (TPSA) is 17.1 Å². The van der Waals surface area contributed by atoms with Crippen LogP contribution >= 0.6 is 0 Å². The van der Waals surface area contributed by atoms with Crippen molar-refractivity contribution in [3.63, 3.8) is 0 Å². The standard InChI is InChI=1S/C13H24O/c1-4-7-9-11-10(6-3)13(11)12(14)8-5-2/h10-11,13H,4-9H2,1-3H3/t10?,11?,13-/m1/s1. The van der Waals surface area contributed by atoms with Gasteiger partial charge in [0, 0.05) is 12.3 Å². The van der Waals surface area contributed by atoms with Crippen molar-refractivity contribution in [2.45, 2.75) is 59.3 Å². The van der Waals surface area contributed by atoms with E-state index in [1.54, 1.807) is 0 Å². The van der Waals surface area contributed by atoms with Crippen LogP contribution in [0.25, 0.3) is 0 Å². The van der Waals surface area contributed by atoms with Gasteiger partial charge < -0.3 is 0 Å². The number of hydrogen-bond acceptors (Lipinski definition) is 1. The van der Waals surface area contributed by atoms with Crippen LogP contribution in [0.15, 0.2) is 0 Å². The summed E-state index contributed by atoms with van der Waals surface area (Å²) in [4.78, 5) is 11.7. The summed E-state index contributed by atoms with van der Waals surface area (Å²) in [5.74, 6) is 2.48. The Morgan fingerprint density at radius 3 is 2.29 bits per heavy atom. The van der Waals surface area contributed by atoms with E-state index in [0.717, 1.165) is 24.7 Å². The second-order valence-electron chi connectivity index (χ2n) is 4.62. The second-order valence-corrected chi connectivity index (χ2v) is 4.62. The molecule has 1 aliphatic carbocycles. The molecule has 1 aliphatic rings. The molecule has 0 amide bonds. The zero-order chi connectivity index (χ0) is 10.6. The molecule has 1 saturated carbocycles. The number of carbonyl (C=O) groups is 1. The lowest BCUT2D eigenvalue weighted by Crippen LogP contribution is -2.02. The number of hydrogen-bond donors (Lipinski definition) is 0. The van der Waals surface area contributed by atoms with E-state index in [2.05, 4.69) is 20.8 Å². The summed E-state index contributed by atoms with van der Waals surface area (Å²) in [6.07, 6.45) is 6.89. The van der Waals surface area contributed by atoms with Crippen LogP contribution in [-0.4, -0.2) is 5.78 Å². The lowest BCUT2D eigenvalue weighted by Gasteiger charge is -1.96. The number of unbranched alkanes of at least 4 members (excludes halogenated alkanes) is 1. The Labute approximate surface area is 88.3 Å². The first-order valence-corrected chi connectivity index (χ1v) is 6.28. The lowest BCUT2D eigenvalue weighted by molar-refractivity contribution is -0.120. The Bertz CT molecular complexity index is 186. The molecule has 0 N–H and O–H groups in total. The van der Waals surface area contributed by atoms with Crippen molar-refractivity contribution in [2.24, 2.45) is 17.8 Å². The van der Waals surface area contributed by atoms with Gasteiger partial charge in [-0.1, -0.05) is 40.0 Å². The van der Waals surface area contributed by atoms with Crippen LogP contribution in [0.2, 0.25) is 0 Å². The molecule has 2 unspecified atom stereocenters. The fraction of sp³-hybridized carbons (Fsp3) is 0.923. The maximum Gasteiger partial charge on any atom is 0.136 e. The Balaban J connectivity index is 2.34. The molecule has 82 valence electrons. The SMILES string of the molecule is CCCCC1C(CC)[C@H]1C(=O)CCC.